The first kappa shape index (κ1) is 15.8. The monoisotopic (exact) mass is 286 g/mol. The number of hydrogen-bond donors (Lipinski definition) is 0. The largest absolute Gasteiger partial charge is 0.494 e. The Hall–Kier alpha value is -1.26. The van der Waals surface area contributed by atoms with Gasteiger partial charge in [-0.1, -0.05) is 18.2 Å². The molecular formula is C14H19ClO4. The molecule has 0 unspecified atom stereocenters. The molecule has 4 nitrogen and oxygen atoms in total. The molecule has 0 radical (unpaired) electrons. The molecule has 0 spiro atoms. The van der Waals surface area contributed by atoms with E-state index in [2.05, 4.69) is 0 Å². The Morgan fingerprint density at radius 2 is 1.68 bits per heavy atom. The molecule has 1 aromatic carbocycles. The summed E-state index contributed by atoms with van der Waals surface area (Å²) in [4.78, 5) is 10.7. The fraction of sp³-hybridized carbons (Fsp3) is 0.500. The Kier molecular flexibility index (Phi) is 8.85. The number of hydrogen-bond acceptors (Lipinski definition) is 4. The minimum Gasteiger partial charge on any atom is -0.494 e. The lowest BCUT2D eigenvalue weighted by Gasteiger charge is -2.07. The molecule has 0 N–H and O–H groups in total. The summed E-state index contributed by atoms with van der Waals surface area (Å²) in [6.07, 6.45) is 1.51. The van der Waals surface area contributed by atoms with E-state index in [1.165, 1.54) is 0 Å². The first-order chi connectivity index (χ1) is 9.33. The van der Waals surface area contributed by atoms with Gasteiger partial charge >= 0.3 is 5.97 Å². The topological polar surface area (TPSA) is 44.8 Å². The normalized spacial score (nSPS) is 10.2. The van der Waals surface area contributed by atoms with Gasteiger partial charge in [-0.3, -0.25) is 4.79 Å². The molecule has 0 aliphatic carbocycles. The molecule has 0 aliphatic rings. The number of halogens is 1. The highest BCUT2D eigenvalue weighted by Gasteiger charge is 1.98. The highest BCUT2D eigenvalue weighted by atomic mass is 35.5. The lowest BCUT2D eigenvalue weighted by molar-refractivity contribution is -0.140. The van der Waals surface area contributed by atoms with E-state index >= 15 is 0 Å². The van der Waals surface area contributed by atoms with E-state index in [9.17, 15) is 4.79 Å². The van der Waals surface area contributed by atoms with Crippen LogP contribution >= 0.6 is 11.6 Å². The van der Waals surface area contributed by atoms with Gasteiger partial charge in [0.25, 0.3) is 0 Å². The maximum atomic E-state index is 10.7. The average Bonchev–Trinajstić information content (AvgIpc) is 2.46. The Bertz CT molecular complexity index is 343. The van der Waals surface area contributed by atoms with E-state index < -0.39 is 5.97 Å². The highest BCUT2D eigenvalue weighted by Crippen LogP contribution is 2.08. The van der Waals surface area contributed by atoms with Crippen molar-refractivity contribution in [3.8, 4) is 5.75 Å². The van der Waals surface area contributed by atoms with Crippen LogP contribution in [-0.2, 0) is 14.3 Å². The van der Waals surface area contributed by atoms with Crippen molar-refractivity contribution in [2.24, 2.45) is 0 Å². The molecule has 0 aliphatic heterocycles. The van der Waals surface area contributed by atoms with Gasteiger partial charge in [0.05, 0.1) is 13.2 Å². The van der Waals surface area contributed by atoms with Gasteiger partial charge in [-0.25, -0.2) is 0 Å². The number of carbonyl (C=O) groups excluding carboxylic acids is 1. The summed E-state index contributed by atoms with van der Waals surface area (Å²) in [6.45, 7) is 2.19. The fourth-order valence-electron chi connectivity index (χ4n) is 1.36. The second kappa shape index (κ2) is 10.6. The molecule has 0 aromatic heterocycles. The van der Waals surface area contributed by atoms with Crippen LogP contribution in [0.25, 0.3) is 0 Å². The zero-order valence-corrected chi connectivity index (χ0v) is 11.6. The zero-order chi connectivity index (χ0) is 13.8. The Morgan fingerprint density at radius 1 is 1.00 bits per heavy atom. The van der Waals surface area contributed by atoms with E-state index in [1.54, 1.807) is 0 Å². The van der Waals surface area contributed by atoms with Crippen LogP contribution in [0.4, 0.5) is 0 Å². The fourth-order valence-corrected chi connectivity index (χ4v) is 1.43. The van der Waals surface area contributed by atoms with Crippen LogP contribution in [-0.4, -0.2) is 38.3 Å². The van der Waals surface area contributed by atoms with Crippen molar-refractivity contribution in [2.75, 3.05) is 32.3 Å². The van der Waals surface area contributed by atoms with Gasteiger partial charge in [-0.2, -0.15) is 0 Å². The molecular weight excluding hydrogens is 268 g/mol. The number of rotatable bonds is 10. The Balaban J connectivity index is 1.85. The van der Waals surface area contributed by atoms with Crippen LogP contribution in [0, 0.1) is 0 Å². The van der Waals surface area contributed by atoms with Crippen LogP contribution in [0.1, 0.15) is 12.8 Å². The summed E-state index contributed by atoms with van der Waals surface area (Å²) in [5.74, 6) is 0.380. The maximum Gasteiger partial charge on any atom is 0.320 e. The van der Waals surface area contributed by atoms with Gasteiger partial charge in [0.15, 0.2) is 0 Å². The van der Waals surface area contributed by atoms with Crippen molar-refractivity contribution in [3.05, 3.63) is 30.3 Å². The molecule has 1 aromatic rings. The van der Waals surface area contributed by atoms with Gasteiger partial charge in [0.1, 0.15) is 11.6 Å². The molecule has 0 saturated carbocycles. The molecule has 0 amide bonds. The van der Waals surface area contributed by atoms with E-state index in [1.807, 2.05) is 30.3 Å². The van der Waals surface area contributed by atoms with Crippen LogP contribution in [0.5, 0.6) is 5.75 Å². The highest BCUT2D eigenvalue weighted by molar-refractivity contribution is 6.26. The smallest absolute Gasteiger partial charge is 0.320 e. The molecule has 5 heteroatoms. The third-order valence-electron chi connectivity index (χ3n) is 2.25. The number of alkyl halides is 1. The van der Waals surface area contributed by atoms with E-state index in [0.717, 1.165) is 12.2 Å². The average molecular weight is 287 g/mol. The minimum absolute atomic E-state index is 0.0995. The summed E-state index contributed by atoms with van der Waals surface area (Å²) < 4.78 is 15.7. The minimum atomic E-state index is -0.391. The number of benzene rings is 1. The van der Waals surface area contributed by atoms with Crippen molar-refractivity contribution in [1.29, 1.82) is 0 Å². The standard InChI is InChI=1S/C14H19ClO4/c15-12-14(16)19-11-5-9-17-8-4-10-18-13-6-2-1-3-7-13/h1-3,6-7H,4-5,8-12H2. The third-order valence-corrected chi connectivity index (χ3v) is 2.47. The van der Waals surface area contributed by atoms with Gasteiger partial charge < -0.3 is 14.2 Å². The van der Waals surface area contributed by atoms with Crippen molar-refractivity contribution in [3.63, 3.8) is 0 Å². The quantitative estimate of drug-likeness (QED) is 0.377. The van der Waals surface area contributed by atoms with Gasteiger partial charge in [0, 0.05) is 26.1 Å². The van der Waals surface area contributed by atoms with E-state index in [-0.39, 0.29) is 5.88 Å². The number of carbonyl (C=O) groups is 1. The number of para-hydroxylation sites is 1. The second-order valence-electron chi connectivity index (χ2n) is 3.84. The van der Waals surface area contributed by atoms with Crippen LogP contribution in [0.2, 0.25) is 0 Å². The van der Waals surface area contributed by atoms with Crippen molar-refractivity contribution >= 4 is 17.6 Å². The molecule has 0 bridgehead atoms. The van der Waals surface area contributed by atoms with Gasteiger partial charge in [-0.15, -0.1) is 11.6 Å². The summed E-state index contributed by atoms with van der Waals surface area (Å²) >= 11 is 5.28. The summed E-state index contributed by atoms with van der Waals surface area (Å²) in [5.41, 5.74) is 0. The predicted octanol–water partition coefficient (Wildman–Crippen LogP) is 2.64. The first-order valence-corrected chi connectivity index (χ1v) is 6.83. The Morgan fingerprint density at radius 3 is 2.37 bits per heavy atom. The molecule has 1 rings (SSSR count). The number of esters is 1. The van der Waals surface area contributed by atoms with E-state index in [0.29, 0.717) is 32.8 Å². The summed E-state index contributed by atoms with van der Waals surface area (Å²) in [7, 11) is 0. The van der Waals surface area contributed by atoms with Crippen LogP contribution in [0.15, 0.2) is 30.3 Å². The molecule has 106 valence electrons. The molecule has 0 fully saturated rings. The molecule has 0 atom stereocenters. The van der Waals surface area contributed by atoms with Gasteiger partial charge in [-0.05, 0) is 12.1 Å². The molecule has 0 saturated heterocycles. The molecule has 19 heavy (non-hydrogen) atoms. The van der Waals surface area contributed by atoms with Crippen molar-refractivity contribution < 1.29 is 19.0 Å². The van der Waals surface area contributed by atoms with Gasteiger partial charge in [0.2, 0.25) is 0 Å². The Labute approximate surface area is 118 Å². The van der Waals surface area contributed by atoms with Crippen molar-refractivity contribution in [1.82, 2.24) is 0 Å². The van der Waals surface area contributed by atoms with Crippen LogP contribution in [0.3, 0.4) is 0 Å². The summed E-state index contributed by atoms with van der Waals surface area (Å²) in [5, 5.41) is 0. The third kappa shape index (κ3) is 8.46. The second-order valence-corrected chi connectivity index (χ2v) is 4.10. The SMILES string of the molecule is O=C(CCl)OCCCOCCCOc1ccccc1. The summed E-state index contributed by atoms with van der Waals surface area (Å²) in [6, 6.07) is 9.67. The predicted molar refractivity (Wildman–Crippen MR) is 73.7 cm³/mol. The maximum absolute atomic E-state index is 10.7. The lowest BCUT2D eigenvalue weighted by atomic mass is 10.3. The first-order valence-electron chi connectivity index (χ1n) is 6.30. The molecule has 0 heterocycles. The lowest BCUT2D eigenvalue weighted by Crippen LogP contribution is -2.09. The van der Waals surface area contributed by atoms with E-state index in [4.69, 9.17) is 25.8 Å². The van der Waals surface area contributed by atoms with Crippen molar-refractivity contribution in [2.45, 2.75) is 12.8 Å². The zero-order valence-electron chi connectivity index (χ0n) is 10.8. The number of ether oxygens (including phenoxy) is 3. The van der Waals surface area contributed by atoms with Crippen LogP contribution < -0.4 is 4.74 Å².